The molecule has 0 spiro atoms. The Labute approximate surface area is 135 Å². The molecule has 0 saturated heterocycles. The highest BCUT2D eigenvalue weighted by atomic mass is 32.1. The highest BCUT2D eigenvalue weighted by Crippen LogP contribution is 2.33. The van der Waals surface area contributed by atoms with Crippen LogP contribution < -0.4 is 16.8 Å². The van der Waals surface area contributed by atoms with Gasteiger partial charge in [-0.05, 0) is 49.9 Å². The van der Waals surface area contributed by atoms with Crippen LogP contribution in [0.25, 0.3) is 10.6 Å². The fourth-order valence-corrected chi connectivity index (χ4v) is 3.75. The molecule has 0 amide bonds. The SMILES string of the molecule is C=C(Nc1ccc(-c2nc3c(s2)CCCC3)cc1)C(N)CN. The number of aromatic nitrogens is 1. The molecule has 1 unspecified atom stereocenters. The zero-order valence-corrected chi connectivity index (χ0v) is 13.5. The summed E-state index contributed by atoms with van der Waals surface area (Å²) in [5.74, 6) is 0. The normalized spacial score (nSPS) is 15.2. The van der Waals surface area contributed by atoms with Gasteiger partial charge in [-0.1, -0.05) is 6.58 Å². The van der Waals surface area contributed by atoms with Gasteiger partial charge in [-0.3, -0.25) is 0 Å². The minimum absolute atomic E-state index is 0.231. The second-order valence-electron chi connectivity index (χ2n) is 5.67. The largest absolute Gasteiger partial charge is 0.358 e. The highest BCUT2D eigenvalue weighted by molar-refractivity contribution is 7.15. The van der Waals surface area contributed by atoms with Gasteiger partial charge in [0.05, 0.1) is 11.7 Å². The summed E-state index contributed by atoms with van der Waals surface area (Å²) in [4.78, 5) is 6.26. The Hall–Kier alpha value is -1.69. The monoisotopic (exact) mass is 314 g/mol. The van der Waals surface area contributed by atoms with Crippen LogP contribution in [0.1, 0.15) is 23.4 Å². The third-order valence-electron chi connectivity index (χ3n) is 3.98. The first-order chi connectivity index (χ1) is 10.7. The molecule has 4 nitrogen and oxygen atoms in total. The second kappa shape index (κ2) is 6.60. The molecule has 2 aromatic rings. The van der Waals surface area contributed by atoms with Crippen molar-refractivity contribution in [2.75, 3.05) is 11.9 Å². The topological polar surface area (TPSA) is 77.0 Å². The van der Waals surface area contributed by atoms with E-state index in [0.29, 0.717) is 6.54 Å². The van der Waals surface area contributed by atoms with Crippen molar-refractivity contribution in [3.05, 3.63) is 47.1 Å². The number of rotatable bonds is 5. The Morgan fingerprint density at radius 3 is 2.68 bits per heavy atom. The Balaban J connectivity index is 1.74. The number of nitrogens with one attached hydrogen (secondary N) is 1. The average Bonchev–Trinajstić information content (AvgIpc) is 2.98. The van der Waals surface area contributed by atoms with Gasteiger partial charge >= 0.3 is 0 Å². The Bertz CT molecular complexity index is 636. The summed E-state index contributed by atoms with van der Waals surface area (Å²) >= 11 is 1.83. The summed E-state index contributed by atoms with van der Waals surface area (Å²) in [5.41, 5.74) is 15.6. The van der Waals surface area contributed by atoms with E-state index in [1.54, 1.807) is 0 Å². The first-order valence-corrected chi connectivity index (χ1v) is 8.49. The highest BCUT2D eigenvalue weighted by Gasteiger charge is 2.15. The minimum atomic E-state index is -0.231. The van der Waals surface area contributed by atoms with Crippen molar-refractivity contribution in [2.24, 2.45) is 11.5 Å². The molecule has 0 bridgehead atoms. The molecule has 22 heavy (non-hydrogen) atoms. The number of hydrogen-bond donors (Lipinski definition) is 3. The van der Waals surface area contributed by atoms with Gasteiger partial charge in [0.25, 0.3) is 0 Å². The molecule has 1 aromatic carbocycles. The van der Waals surface area contributed by atoms with Gasteiger partial charge in [-0.15, -0.1) is 11.3 Å². The maximum Gasteiger partial charge on any atom is 0.123 e. The van der Waals surface area contributed by atoms with Crippen LogP contribution in [0, 0.1) is 0 Å². The van der Waals surface area contributed by atoms with Gasteiger partial charge in [-0.2, -0.15) is 0 Å². The van der Waals surface area contributed by atoms with Crippen LogP contribution in [0.2, 0.25) is 0 Å². The van der Waals surface area contributed by atoms with Crippen LogP contribution in [0.5, 0.6) is 0 Å². The Kier molecular flexibility index (Phi) is 4.57. The number of benzene rings is 1. The van der Waals surface area contributed by atoms with E-state index < -0.39 is 0 Å². The lowest BCUT2D eigenvalue weighted by molar-refractivity contribution is 0.682. The average molecular weight is 314 g/mol. The van der Waals surface area contributed by atoms with Crippen LogP contribution in [-0.2, 0) is 12.8 Å². The van der Waals surface area contributed by atoms with E-state index in [1.165, 1.54) is 35.4 Å². The maximum atomic E-state index is 5.85. The first-order valence-electron chi connectivity index (χ1n) is 7.68. The van der Waals surface area contributed by atoms with Crippen LogP contribution in [-0.4, -0.2) is 17.6 Å². The molecule has 1 aromatic heterocycles. The molecule has 1 aliphatic carbocycles. The molecule has 0 saturated carbocycles. The number of aryl methyl sites for hydroxylation is 2. The molecule has 1 heterocycles. The van der Waals surface area contributed by atoms with Crippen molar-refractivity contribution in [3.8, 4) is 10.6 Å². The summed E-state index contributed by atoms with van der Waals surface area (Å²) in [6, 6.07) is 8.01. The molecule has 1 aliphatic rings. The number of anilines is 1. The summed E-state index contributed by atoms with van der Waals surface area (Å²) in [5, 5.41) is 4.32. The van der Waals surface area contributed by atoms with Crippen LogP contribution >= 0.6 is 11.3 Å². The van der Waals surface area contributed by atoms with Crippen molar-refractivity contribution in [2.45, 2.75) is 31.7 Å². The fraction of sp³-hybridized carbons (Fsp3) is 0.353. The van der Waals surface area contributed by atoms with Gasteiger partial charge < -0.3 is 16.8 Å². The maximum absolute atomic E-state index is 5.85. The van der Waals surface area contributed by atoms with Crippen LogP contribution in [0.3, 0.4) is 0 Å². The lowest BCUT2D eigenvalue weighted by atomic mass is 10.0. The second-order valence-corrected chi connectivity index (χ2v) is 6.75. The standard InChI is InChI=1S/C17H22N4S/c1-11(14(19)10-18)20-13-8-6-12(7-9-13)17-21-15-4-2-3-5-16(15)22-17/h6-9,14,20H,1-5,10,18-19H2. The number of nitrogens with zero attached hydrogens (tertiary/aromatic N) is 1. The van der Waals surface area contributed by atoms with Crippen LogP contribution in [0.15, 0.2) is 36.5 Å². The van der Waals surface area contributed by atoms with Crippen molar-refractivity contribution in [1.82, 2.24) is 4.98 Å². The van der Waals surface area contributed by atoms with Gasteiger partial charge in [0.1, 0.15) is 5.01 Å². The summed E-state index contributed by atoms with van der Waals surface area (Å²) < 4.78 is 0. The molecule has 5 N–H and O–H groups in total. The van der Waals surface area contributed by atoms with Gasteiger partial charge in [0.2, 0.25) is 0 Å². The minimum Gasteiger partial charge on any atom is -0.358 e. The molecular weight excluding hydrogens is 292 g/mol. The zero-order valence-electron chi connectivity index (χ0n) is 12.6. The van der Waals surface area contributed by atoms with Gasteiger partial charge in [0.15, 0.2) is 0 Å². The van der Waals surface area contributed by atoms with Crippen molar-refractivity contribution in [3.63, 3.8) is 0 Å². The number of hydrogen-bond acceptors (Lipinski definition) is 5. The smallest absolute Gasteiger partial charge is 0.123 e. The van der Waals surface area contributed by atoms with E-state index >= 15 is 0 Å². The summed E-state index contributed by atoms with van der Waals surface area (Å²) in [6.07, 6.45) is 4.87. The molecule has 116 valence electrons. The van der Waals surface area contributed by atoms with E-state index in [1.807, 2.05) is 23.5 Å². The Morgan fingerprint density at radius 1 is 1.27 bits per heavy atom. The number of thiazole rings is 1. The van der Waals surface area contributed by atoms with Gasteiger partial charge in [-0.25, -0.2) is 4.98 Å². The first kappa shape index (κ1) is 15.2. The van der Waals surface area contributed by atoms with Gasteiger partial charge in [0, 0.05) is 28.4 Å². The van der Waals surface area contributed by atoms with E-state index in [-0.39, 0.29) is 6.04 Å². The van der Waals surface area contributed by atoms with E-state index in [4.69, 9.17) is 16.5 Å². The van der Waals surface area contributed by atoms with Crippen molar-refractivity contribution >= 4 is 17.0 Å². The molecule has 5 heteroatoms. The molecule has 0 fully saturated rings. The lowest BCUT2D eigenvalue weighted by Gasteiger charge is -2.15. The summed E-state index contributed by atoms with van der Waals surface area (Å²) in [7, 11) is 0. The third-order valence-corrected chi connectivity index (χ3v) is 5.19. The van der Waals surface area contributed by atoms with E-state index in [9.17, 15) is 0 Å². The van der Waals surface area contributed by atoms with Crippen LogP contribution in [0.4, 0.5) is 5.69 Å². The third kappa shape index (κ3) is 3.21. The van der Waals surface area contributed by atoms with E-state index in [0.717, 1.165) is 22.8 Å². The quantitative estimate of drug-likeness (QED) is 0.793. The molecule has 3 rings (SSSR count). The Morgan fingerprint density at radius 2 is 2.00 bits per heavy atom. The molecule has 0 radical (unpaired) electrons. The predicted molar refractivity (Wildman–Crippen MR) is 94.0 cm³/mol. The lowest BCUT2D eigenvalue weighted by Crippen LogP contribution is -2.34. The van der Waals surface area contributed by atoms with E-state index in [2.05, 4.69) is 24.0 Å². The molecule has 1 atom stereocenters. The predicted octanol–water partition coefficient (Wildman–Crippen LogP) is 2.90. The molecule has 0 aliphatic heterocycles. The molecular formula is C17H22N4S. The number of fused-ring (bicyclic) bond motifs is 1. The number of nitrogens with two attached hydrogens (primary N) is 2. The van der Waals surface area contributed by atoms with Crippen molar-refractivity contribution < 1.29 is 0 Å². The fourth-order valence-electron chi connectivity index (χ4n) is 2.59. The zero-order chi connectivity index (χ0) is 15.5. The van der Waals surface area contributed by atoms with Crippen molar-refractivity contribution in [1.29, 1.82) is 0 Å². The summed E-state index contributed by atoms with van der Waals surface area (Å²) in [6.45, 7) is 4.30.